The van der Waals surface area contributed by atoms with Gasteiger partial charge in [0.1, 0.15) is 0 Å². The molecule has 0 spiro atoms. The van der Waals surface area contributed by atoms with Crippen molar-refractivity contribution in [3.05, 3.63) is 29.8 Å². The number of nitrogens with zero attached hydrogens (tertiary/aromatic N) is 1. The molecule has 0 saturated carbocycles. The van der Waals surface area contributed by atoms with Crippen LogP contribution in [0.5, 0.6) is 0 Å². The van der Waals surface area contributed by atoms with E-state index < -0.39 is 0 Å². The first-order chi connectivity index (χ1) is 7.79. The highest BCUT2D eigenvalue weighted by atomic mass is 15.1. The average Bonchev–Trinajstić information content (AvgIpc) is 2.31. The Kier molecular flexibility index (Phi) is 5.94. The predicted octanol–water partition coefficient (Wildman–Crippen LogP) is 2.82. The van der Waals surface area contributed by atoms with Crippen molar-refractivity contribution in [2.75, 3.05) is 31.1 Å². The molecule has 1 aromatic carbocycles. The van der Waals surface area contributed by atoms with E-state index in [0.29, 0.717) is 0 Å². The van der Waals surface area contributed by atoms with Gasteiger partial charge in [-0.15, -0.1) is 0 Å². The molecular formula is C14H24N2. The van der Waals surface area contributed by atoms with Crippen molar-refractivity contribution in [1.82, 2.24) is 5.32 Å². The number of hydrogen-bond acceptors (Lipinski definition) is 2. The summed E-state index contributed by atoms with van der Waals surface area (Å²) in [6.07, 6.45) is 1.20. The Bertz CT molecular complexity index is 297. The predicted molar refractivity (Wildman–Crippen MR) is 72.2 cm³/mol. The second kappa shape index (κ2) is 7.29. The van der Waals surface area contributed by atoms with Gasteiger partial charge in [-0.1, -0.05) is 25.1 Å². The van der Waals surface area contributed by atoms with Crippen LogP contribution in [-0.4, -0.2) is 26.2 Å². The molecule has 0 unspecified atom stereocenters. The van der Waals surface area contributed by atoms with Gasteiger partial charge in [-0.05, 0) is 45.0 Å². The van der Waals surface area contributed by atoms with Gasteiger partial charge in [0.15, 0.2) is 0 Å². The zero-order valence-corrected chi connectivity index (χ0v) is 10.8. The lowest BCUT2D eigenvalue weighted by atomic mass is 10.1. The second-order valence-electron chi connectivity index (χ2n) is 4.07. The molecule has 0 heterocycles. The molecule has 2 heteroatoms. The molecular weight excluding hydrogens is 196 g/mol. The zero-order chi connectivity index (χ0) is 11.8. The molecule has 0 amide bonds. The van der Waals surface area contributed by atoms with E-state index >= 15 is 0 Å². The molecule has 0 saturated heterocycles. The summed E-state index contributed by atoms with van der Waals surface area (Å²) in [7, 11) is 0. The molecule has 0 fully saturated rings. The van der Waals surface area contributed by atoms with Crippen LogP contribution in [0.2, 0.25) is 0 Å². The number of benzene rings is 1. The molecule has 2 nitrogen and oxygen atoms in total. The van der Waals surface area contributed by atoms with Crippen molar-refractivity contribution in [2.45, 2.75) is 27.2 Å². The third kappa shape index (κ3) is 3.86. The van der Waals surface area contributed by atoms with E-state index in [1.165, 1.54) is 17.7 Å². The minimum atomic E-state index is 1.07. The normalized spacial score (nSPS) is 10.4. The number of para-hydroxylation sites is 1. The molecule has 16 heavy (non-hydrogen) atoms. The standard InChI is InChI=1S/C14H24N2/c1-4-15-11-8-12-16(5-2)14-10-7-6-9-13(14)3/h6-7,9-10,15H,4-5,8,11-12H2,1-3H3. The lowest BCUT2D eigenvalue weighted by Gasteiger charge is -2.25. The van der Waals surface area contributed by atoms with Crippen LogP contribution in [0.15, 0.2) is 24.3 Å². The first-order valence-corrected chi connectivity index (χ1v) is 6.30. The van der Waals surface area contributed by atoms with Gasteiger partial charge < -0.3 is 10.2 Å². The minimum Gasteiger partial charge on any atom is -0.372 e. The third-order valence-electron chi connectivity index (χ3n) is 2.87. The number of rotatable bonds is 7. The fourth-order valence-corrected chi connectivity index (χ4v) is 1.94. The van der Waals surface area contributed by atoms with E-state index in [0.717, 1.165) is 26.2 Å². The first kappa shape index (κ1) is 13.0. The summed E-state index contributed by atoms with van der Waals surface area (Å²) in [5.41, 5.74) is 2.74. The van der Waals surface area contributed by atoms with Crippen LogP contribution in [0, 0.1) is 6.92 Å². The molecule has 0 aliphatic heterocycles. The molecule has 90 valence electrons. The van der Waals surface area contributed by atoms with Gasteiger partial charge in [-0.2, -0.15) is 0 Å². The molecule has 0 aliphatic rings. The van der Waals surface area contributed by atoms with Crippen LogP contribution in [-0.2, 0) is 0 Å². The molecule has 1 aromatic rings. The lowest BCUT2D eigenvalue weighted by Crippen LogP contribution is -2.27. The van der Waals surface area contributed by atoms with E-state index in [1.807, 2.05) is 0 Å². The SMILES string of the molecule is CCNCCCN(CC)c1ccccc1C. The molecule has 0 aromatic heterocycles. The maximum absolute atomic E-state index is 3.37. The molecule has 0 atom stereocenters. The van der Waals surface area contributed by atoms with E-state index in [2.05, 4.69) is 55.3 Å². The number of anilines is 1. The lowest BCUT2D eigenvalue weighted by molar-refractivity contribution is 0.655. The Morgan fingerprint density at radius 1 is 1.19 bits per heavy atom. The maximum atomic E-state index is 3.37. The number of nitrogens with one attached hydrogen (secondary N) is 1. The topological polar surface area (TPSA) is 15.3 Å². The first-order valence-electron chi connectivity index (χ1n) is 6.30. The monoisotopic (exact) mass is 220 g/mol. The highest BCUT2D eigenvalue weighted by Crippen LogP contribution is 2.18. The van der Waals surface area contributed by atoms with E-state index in [1.54, 1.807) is 0 Å². The van der Waals surface area contributed by atoms with Crippen LogP contribution in [0.1, 0.15) is 25.8 Å². The van der Waals surface area contributed by atoms with E-state index in [9.17, 15) is 0 Å². The van der Waals surface area contributed by atoms with Gasteiger partial charge in [0.25, 0.3) is 0 Å². The van der Waals surface area contributed by atoms with Crippen LogP contribution < -0.4 is 10.2 Å². The maximum Gasteiger partial charge on any atom is 0.0395 e. The molecule has 0 aliphatic carbocycles. The second-order valence-corrected chi connectivity index (χ2v) is 4.07. The summed E-state index contributed by atoms with van der Waals surface area (Å²) in [5.74, 6) is 0. The van der Waals surface area contributed by atoms with Gasteiger partial charge in [0.2, 0.25) is 0 Å². The Labute approximate surface area is 99.7 Å². The fraction of sp³-hybridized carbons (Fsp3) is 0.571. The van der Waals surface area contributed by atoms with Gasteiger partial charge in [-0.25, -0.2) is 0 Å². The largest absolute Gasteiger partial charge is 0.372 e. The Morgan fingerprint density at radius 2 is 1.94 bits per heavy atom. The summed E-state index contributed by atoms with van der Waals surface area (Å²) < 4.78 is 0. The van der Waals surface area contributed by atoms with Gasteiger partial charge in [0, 0.05) is 18.8 Å². The number of hydrogen-bond donors (Lipinski definition) is 1. The van der Waals surface area contributed by atoms with Crippen molar-refractivity contribution in [3.8, 4) is 0 Å². The zero-order valence-electron chi connectivity index (χ0n) is 10.8. The van der Waals surface area contributed by atoms with Gasteiger partial charge in [0.05, 0.1) is 0 Å². The Hall–Kier alpha value is -1.02. The summed E-state index contributed by atoms with van der Waals surface area (Å²) >= 11 is 0. The van der Waals surface area contributed by atoms with Crippen molar-refractivity contribution in [3.63, 3.8) is 0 Å². The highest BCUT2D eigenvalue weighted by Gasteiger charge is 2.05. The molecule has 0 bridgehead atoms. The molecule has 0 radical (unpaired) electrons. The summed E-state index contributed by atoms with van der Waals surface area (Å²) in [6, 6.07) is 8.62. The van der Waals surface area contributed by atoms with Crippen LogP contribution in [0.25, 0.3) is 0 Å². The van der Waals surface area contributed by atoms with Gasteiger partial charge in [-0.3, -0.25) is 0 Å². The van der Waals surface area contributed by atoms with E-state index in [-0.39, 0.29) is 0 Å². The highest BCUT2D eigenvalue weighted by molar-refractivity contribution is 5.52. The van der Waals surface area contributed by atoms with E-state index in [4.69, 9.17) is 0 Å². The average molecular weight is 220 g/mol. The van der Waals surface area contributed by atoms with Crippen molar-refractivity contribution >= 4 is 5.69 Å². The summed E-state index contributed by atoms with van der Waals surface area (Å²) in [5, 5.41) is 3.37. The van der Waals surface area contributed by atoms with Crippen LogP contribution in [0.4, 0.5) is 5.69 Å². The summed E-state index contributed by atoms with van der Waals surface area (Å²) in [4.78, 5) is 2.45. The molecule has 1 rings (SSSR count). The Balaban J connectivity index is 2.51. The van der Waals surface area contributed by atoms with Crippen molar-refractivity contribution in [1.29, 1.82) is 0 Å². The summed E-state index contributed by atoms with van der Waals surface area (Å²) in [6.45, 7) is 10.9. The van der Waals surface area contributed by atoms with Crippen LogP contribution >= 0.6 is 0 Å². The fourth-order valence-electron chi connectivity index (χ4n) is 1.94. The smallest absolute Gasteiger partial charge is 0.0395 e. The number of aryl methyl sites for hydroxylation is 1. The van der Waals surface area contributed by atoms with Gasteiger partial charge >= 0.3 is 0 Å². The van der Waals surface area contributed by atoms with Crippen LogP contribution in [0.3, 0.4) is 0 Å². The molecule has 1 N–H and O–H groups in total. The van der Waals surface area contributed by atoms with Crippen molar-refractivity contribution in [2.24, 2.45) is 0 Å². The van der Waals surface area contributed by atoms with Crippen molar-refractivity contribution < 1.29 is 0 Å². The third-order valence-corrected chi connectivity index (χ3v) is 2.87. The Morgan fingerprint density at radius 3 is 2.56 bits per heavy atom. The minimum absolute atomic E-state index is 1.07. The quantitative estimate of drug-likeness (QED) is 0.711.